The van der Waals surface area contributed by atoms with Gasteiger partial charge in [-0.25, -0.2) is 17.2 Å². The van der Waals surface area contributed by atoms with Gasteiger partial charge in [0.15, 0.2) is 4.21 Å². The molecule has 10 heteroatoms. The van der Waals surface area contributed by atoms with Crippen molar-refractivity contribution in [3.05, 3.63) is 45.2 Å². The highest BCUT2D eigenvalue weighted by molar-refractivity contribution is 9.10. The van der Waals surface area contributed by atoms with E-state index in [0.717, 1.165) is 11.3 Å². The van der Waals surface area contributed by atoms with Crippen LogP contribution in [0, 0.1) is 11.6 Å². The number of hydrogen-bond acceptors (Lipinski definition) is 4. The molecule has 3 N–H and O–H groups in total. The number of nitrogens with two attached hydrogens (primary N) is 1. The van der Waals surface area contributed by atoms with E-state index in [-0.39, 0.29) is 4.21 Å². The normalized spacial score (nSPS) is 11.4. The highest BCUT2D eigenvalue weighted by Crippen LogP contribution is 2.30. The van der Waals surface area contributed by atoms with Crippen LogP contribution in [0.2, 0.25) is 0 Å². The Hall–Kier alpha value is -1.52. The second-order valence-electron chi connectivity index (χ2n) is 3.84. The number of benzene rings is 1. The first-order valence-electron chi connectivity index (χ1n) is 5.27. The number of nitrogens with one attached hydrogen (secondary N) is 1. The Balaban J connectivity index is 2.47. The SMILES string of the molecule is NC(=O)c1cc(NS(=O)(=O)c2sccc2Br)c(F)cc1F. The van der Waals surface area contributed by atoms with Crippen LogP contribution in [-0.2, 0) is 10.0 Å². The van der Waals surface area contributed by atoms with E-state index in [4.69, 9.17) is 5.73 Å². The quantitative estimate of drug-likeness (QED) is 0.832. The molecule has 112 valence electrons. The summed E-state index contributed by atoms with van der Waals surface area (Å²) in [5.41, 5.74) is 3.76. The van der Waals surface area contributed by atoms with Crippen LogP contribution in [0.25, 0.3) is 0 Å². The first-order valence-corrected chi connectivity index (χ1v) is 8.42. The average Bonchev–Trinajstić information content (AvgIpc) is 2.79. The van der Waals surface area contributed by atoms with Gasteiger partial charge in [0.2, 0.25) is 0 Å². The minimum absolute atomic E-state index is 0.0770. The van der Waals surface area contributed by atoms with Crippen molar-refractivity contribution in [2.24, 2.45) is 5.73 Å². The van der Waals surface area contributed by atoms with E-state index >= 15 is 0 Å². The molecule has 0 radical (unpaired) electrons. The van der Waals surface area contributed by atoms with Gasteiger partial charge in [-0.15, -0.1) is 11.3 Å². The van der Waals surface area contributed by atoms with Crippen molar-refractivity contribution < 1.29 is 22.0 Å². The Morgan fingerprint density at radius 1 is 1.29 bits per heavy atom. The van der Waals surface area contributed by atoms with Gasteiger partial charge >= 0.3 is 0 Å². The molecule has 2 aromatic rings. The van der Waals surface area contributed by atoms with Crippen molar-refractivity contribution in [1.29, 1.82) is 0 Å². The van der Waals surface area contributed by atoms with Gasteiger partial charge in [-0.05, 0) is 33.4 Å². The summed E-state index contributed by atoms with van der Waals surface area (Å²) in [5, 5.41) is 1.52. The molecule has 0 bridgehead atoms. The van der Waals surface area contributed by atoms with E-state index in [1.165, 1.54) is 11.4 Å². The van der Waals surface area contributed by atoms with Gasteiger partial charge < -0.3 is 5.73 Å². The van der Waals surface area contributed by atoms with E-state index in [9.17, 15) is 22.0 Å². The molecule has 0 aliphatic heterocycles. The molecule has 0 saturated heterocycles. The lowest BCUT2D eigenvalue weighted by Crippen LogP contribution is -2.17. The van der Waals surface area contributed by atoms with Crippen LogP contribution in [0.4, 0.5) is 14.5 Å². The third-order valence-corrected chi connectivity index (χ3v) is 6.43. The molecule has 0 saturated carbocycles. The lowest BCUT2D eigenvalue weighted by molar-refractivity contribution is 0.0996. The van der Waals surface area contributed by atoms with Crippen LogP contribution in [0.1, 0.15) is 10.4 Å². The highest BCUT2D eigenvalue weighted by Gasteiger charge is 2.22. The largest absolute Gasteiger partial charge is 0.366 e. The number of sulfonamides is 1. The maximum atomic E-state index is 13.6. The number of thiophene rings is 1. The molecule has 0 aliphatic carbocycles. The van der Waals surface area contributed by atoms with Crippen LogP contribution in [0.3, 0.4) is 0 Å². The van der Waals surface area contributed by atoms with Crippen LogP contribution in [0.5, 0.6) is 0 Å². The minimum atomic E-state index is -4.07. The summed E-state index contributed by atoms with van der Waals surface area (Å²) in [7, 11) is -4.07. The standard InChI is InChI=1S/C11H7BrF2N2O3S2/c12-6-1-2-20-11(6)21(18,19)16-9-3-5(10(15)17)7(13)4-8(9)14/h1-4,16H,(H2,15,17). The van der Waals surface area contributed by atoms with Crippen molar-refractivity contribution in [3.8, 4) is 0 Å². The Morgan fingerprint density at radius 2 is 1.95 bits per heavy atom. The van der Waals surface area contributed by atoms with Crippen molar-refractivity contribution >= 4 is 48.9 Å². The molecule has 0 spiro atoms. The second kappa shape index (κ2) is 5.70. The van der Waals surface area contributed by atoms with Gasteiger partial charge in [-0.2, -0.15) is 0 Å². The molecule has 0 atom stereocenters. The number of rotatable bonds is 4. The zero-order valence-corrected chi connectivity index (χ0v) is 13.3. The fourth-order valence-electron chi connectivity index (χ4n) is 1.48. The lowest BCUT2D eigenvalue weighted by Gasteiger charge is -2.09. The van der Waals surface area contributed by atoms with Crippen LogP contribution >= 0.6 is 27.3 Å². The van der Waals surface area contributed by atoms with Crippen molar-refractivity contribution in [1.82, 2.24) is 0 Å². The van der Waals surface area contributed by atoms with Crippen molar-refractivity contribution in [2.75, 3.05) is 4.72 Å². The Kier molecular flexibility index (Phi) is 4.30. The topological polar surface area (TPSA) is 89.3 Å². The maximum Gasteiger partial charge on any atom is 0.272 e. The van der Waals surface area contributed by atoms with Gasteiger partial charge in [0.1, 0.15) is 11.6 Å². The predicted octanol–water partition coefficient (Wildman–Crippen LogP) is 2.69. The van der Waals surface area contributed by atoms with E-state index < -0.39 is 38.8 Å². The maximum absolute atomic E-state index is 13.6. The lowest BCUT2D eigenvalue weighted by atomic mass is 10.2. The molecule has 1 amide bonds. The van der Waals surface area contributed by atoms with Gasteiger partial charge in [0.25, 0.3) is 15.9 Å². The van der Waals surface area contributed by atoms with Gasteiger partial charge in [-0.3, -0.25) is 9.52 Å². The summed E-state index contributed by atoms with van der Waals surface area (Å²) in [6.07, 6.45) is 0. The number of primary amides is 1. The monoisotopic (exact) mass is 396 g/mol. The summed E-state index contributed by atoms with van der Waals surface area (Å²) in [6.45, 7) is 0. The van der Waals surface area contributed by atoms with Crippen molar-refractivity contribution in [2.45, 2.75) is 4.21 Å². The molecule has 0 fully saturated rings. The summed E-state index contributed by atoms with van der Waals surface area (Å²) in [4.78, 5) is 11.0. The van der Waals surface area contributed by atoms with Gasteiger partial charge in [-0.1, -0.05) is 0 Å². The third kappa shape index (κ3) is 3.22. The molecule has 1 aromatic carbocycles. The molecular weight excluding hydrogens is 390 g/mol. The zero-order chi connectivity index (χ0) is 15.8. The summed E-state index contributed by atoms with van der Waals surface area (Å²) >= 11 is 3.96. The first-order chi connectivity index (χ1) is 9.72. The Labute approximate surface area is 131 Å². The smallest absolute Gasteiger partial charge is 0.272 e. The highest BCUT2D eigenvalue weighted by atomic mass is 79.9. The minimum Gasteiger partial charge on any atom is -0.366 e. The summed E-state index contributed by atoms with van der Waals surface area (Å²) in [5.74, 6) is -3.46. The number of halogens is 3. The average molecular weight is 397 g/mol. The fourth-order valence-corrected chi connectivity index (χ4v) is 4.88. The molecule has 0 aliphatic rings. The number of anilines is 1. The molecule has 21 heavy (non-hydrogen) atoms. The van der Waals surface area contributed by atoms with Crippen LogP contribution in [0.15, 0.2) is 32.3 Å². The molecule has 1 heterocycles. The van der Waals surface area contributed by atoms with E-state index in [0.29, 0.717) is 16.6 Å². The fraction of sp³-hybridized carbons (Fsp3) is 0. The molecule has 0 unspecified atom stereocenters. The number of carbonyl (C=O) groups excluding carboxylic acids is 1. The summed E-state index contributed by atoms with van der Waals surface area (Å²) < 4.78 is 53.3. The van der Waals surface area contributed by atoms with E-state index in [1.807, 2.05) is 4.72 Å². The summed E-state index contributed by atoms with van der Waals surface area (Å²) in [6, 6.07) is 2.61. The van der Waals surface area contributed by atoms with Crippen LogP contribution < -0.4 is 10.5 Å². The predicted molar refractivity (Wildman–Crippen MR) is 77.7 cm³/mol. The van der Waals surface area contributed by atoms with Crippen LogP contribution in [-0.4, -0.2) is 14.3 Å². The number of hydrogen-bond donors (Lipinski definition) is 2. The Morgan fingerprint density at radius 3 is 2.48 bits per heavy atom. The molecule has 1 aromatic heterocycles. The third-order valence-electron chi connectivity index (χ3n) is 2.40. The van der Waals surface area contributed by atoms with Gasteiger partial charge in [0, 0.05) is 10.5 Å². The molecular formula is C11H7BrF2N2O3S2. The molecule has 5 nitrogen and oxygen atoms in total. The van der Waals surface area contributed by atoms with E-state index in [1.54, 1.807) is 0 Å². The van der Waals surface area contributed by atoms with Crippen molar-refractivity contribution in [3.63, 3.8) is 0 Å². The van der Waals surface area contributed by atoms with E-state index in [2.05, 4.69) is 15.9 Å². The second-order valence-corrected chi connectivity index (χ2v) is 7.49. The van der Waals surface area contributed by atoms with Gasteiger partial charge in [0.05, 0.1) is 11.3 Å². The number of carbonyl (C=O) groups is 1. The first kappa shape index (κ1) is 15.9. The Bertz CT molecular complexity index is 821. The number of amides is 1. The molecule has 2 rings (SSSR count). The zero-order valence-electron chi connectivity index (χ0n) is 10.1.